The number of aromatic amines is 2. The van der Waals surface area contributed by atoms with Crippen LogP contribution in [0.3, 0.4) is 0 Å². The summed E-state index contributed by atoms with van der Waals surface area (Å²) in [7, 11) is 0. The molecule has 0 aliphatic carbocycles. The molecule has 0 atom stereocenters. The number of halogens is 2. The Balaban J connectivity index is 0. The number of imidazole rings is 2. The highest BCUT2D eigenvalue weighted by Gasteiger charge is 2.06. The molecular weight excluding hydrogens is 315 g/mol. The van der Waals surface area contributed by atoms with E-state index in [0.717, 1.165) is 12.4 Å². The Morgan fingerprint density at radius 3 is 1.30 bits per heavy atom. The second-order valence-corrected chi connectivity index (χ2v) is 3.35. The highest BCUT2D eigenvalue weighted by atomic mass is 35.5. The predicted octanol–water partition coefficient (Wildman–Crippen LogP) is 3.21. The number of nitro groups is 2. The van der Waals surface area contributed by atoms with E-state index in [1.54, 1.807) is 0 Å². The maximum absolute atomic E-state index is 9.89. The van der Waals surface area contributed by atoms with E-state index in [2.05, 4.69) is 19.9 Å². The molecule has 0 aliphatic heterocycles. The van der Waals surface area contributed by atoms with Gasteiger partial charge in [-0.15, -0.1) is 0 Å². The molecule has 0 saturated heterocycles. The highest BCUT2D eigenvalue weighted by molar-refractivity contribution is 6.28. The molecule has 0 bridgehead atoms. The van der Waals surface area contributed by atoms with Crippen molar-refractivity contribution in [1.82, 2.24) is 19.9 Å². The predicted molar refractivity (Wildman–Crippen MR) is 74.0 cm³/mol. The Labute approximate surface area is 123 Å². The van der Waals surface area contributed by atoms with Gasteiger partial charge in [-0.05, 0) is 33.0 Å². The average Bonchev–Trinajstić information content (AvgIpc) is 2.88. The van der Waals surface area contributed by atoms with Gasteiger partial charge in [0.1, 0.15) is 12.4 Å². The van der Waals surface area contributed by atoms with Gasteiger partial charge in [-0.25, -0.2) is 9.97 Å². The fourth-order valence-electron chi connectivity index (χ4n) is 0.762. The largest absolute Gasteiger partial charge is 0.358 e. The maximum atomic E-state index is 9.89. The smallest absolute Gasteiger partial charge is 0.341 e. The molecule has 0 unspecified atom stereocenters. The van der Waals surface area contributed by atoms with E-state index in [9.17, 15) is 20.2 Å². The van der Waals surface area contributed by atoms with Crippen LogP contribution in [0.1, 0.15) is 14.9 Å². The lowest BCUT2D eigenvalue weighted by molar-refractivity contribution is -0.389. The number of rotatable bonds is 2. The molecule has 0 spiro atoms. The zero-order valence-electron chi connectivity index (χ0n) is 8.33. The molecule has 0 amide bonds. The maximum Gasteiger partial charge on any atom is 0.341 e. The van der Waals surface area contributed by atoms with Crippen LogP contribution in [0.4, 0.5) is 11.6 Å². The summed E-state index contributed by atoms with van der Waals surface area (Å²) < 4.78 is 0. The van der Waals surface area contributed by atoms with Crippen molar-refractivity contribution >= 4 is 34.8 Å². The third kappa shape index (κ3) is 6.11. The molecular formula is C8H12Cl2N6O4. The van der Waals surface area contributed by atoms with Crippen LogP contribution in [-0.2, 0) is 0 Å². The molecule has 0 aliphatic rings. The molecule has 2 heterocycles. The van der Waals surface area contributed by atoms with E-state index in [4.69, 9.17) is 23.2 Å². The summed E-state index contributed by atoms with van der Waals surface area (Å²) in [5.41, 5.74) is 0. The first-order chi connectivity index (χ1) is 8.40. The van der Waals surface area contributed by atoms with Crippen LogP contribution in [0.25, 0.3) is 0 Å². The molecule has 2 rings (SSSR count). The molecule has 2 aromatic rings. The van der Waals surface area contributed by atoms with Crippen LogP contribution in [0.2, 0.25) is 10.6 Å². The molecule has 2 N–H and O–H groups in total. The molecule has 10 nitrogen and oxygen atoms in total. The number of hydrogen-bond acceptors (Lipinski definition) is 6. The van der Waals surface area contributed by atoms with E-state index < -0.39 is 9.85 Å². The Morgan fingerprint density at radius 2 is 1.20 bits per heavy atom. The third-order valence-corrected chi connectivity index (χ3v) is 1.84. The van der Waals surface area contributed by atoms with Crippen LogP contribution in [0.5, 0.6) is 0 Å². The van der Waals surface area contributed by atoms with Gasteiger partial charge in [0, 0.05) is 0 Å². The Kier molecular flexibility index (Phi) is 8.88. The number of H-pyrrole nitrogens is 2. The van der Waals surface area contributed by atoms with Gasteiger partial charge in [-0.1, -0.05) is 14.9 Å². The zero-order chi connectivity index (χ0) is 13.7. The Morgan fingerprint density at radius 1 is 0.900 bits per heavy atom. The Hall–Kier alpha value is -2.20. The number of nitrogens with one attached hydrogen (secondary N) is 2. The van der Waals surface area contributed by atoms with Crippen LogP contribution < -0.4 is 0 Å². The fraction of sp³-hybridized carbons (Fsp3) is 0.250. The molecule has 12 heteroatoms. The van der Waals surface area contributed by atoms with E-state index in [0.29, 0.717) is 0 Å². The normalized spacial score (nSPS) is 8.50. The van der Waals surface area contributed by atoms with Crippen molar-refractivity contribution in [3.8, 4) is 0 Å². The molecule has 20 heavy (non-hydrogen) atoms. The highest BCUT2D eigenvalue weighted by Crippen LogP contribution is 2.09. The van der Waals surface area contributed by atoms with Crippen molar-refractivity contribution in [1.29, 1.82) is 0 Å². The summed E-state index contributed by atoms with van der Waals surface area (Å²) in [5, 5.41) is 19.8. The molecule has 0 fully saturated rings. The van der Waals surface area contributed by atoms with Gasteiger partial charge in [0.2, 0.25) is 0 Å². The number of nitrogens with zero attached hydrogens (tertiary/aromatic N) is 4. The zero-order valence-corrected chi connectivity index (χ0v) is 9.84. The van der Waals surface area contributed by atoms with Crippen molar-refractivity contribution in [3.63, 3.8) is 0 Å². The molecule has 0 saturated carbocycles. The van der Waals surface area contributed by atoms with Crippen molar-refractivity contribution < 1.29 is 9.85 Å². The van der Waals surface area contributed by atoms with Gasteiger partial charge >= 0.3 is 11.6 Å². The molecule has 112 valence electrons. The summed E-state index contributed by atoms with van der Waals surface area (Å²) in [6.07, 6.45) is 2.12. The van der Waals surface area contributed by atoms with Gasteiger partial charge in [0.25, 0.3) is 10.6 Å². The van der Waals surface area contributed by atoms with Crippen LogP contribution in [0.15, 0.2) is 12.4 Å². The summed E-state index contributed by atoms with van der Waals surface area (Å²) in [5.74, 6) is -0.389. The first kappa shape index (κ1) is 20.1. The first-order valence-corrected chi connectivity index (χ1v) is 4.85. The fourth-order valence-corrected chi connectivity index (χ4v) is 1.05. The monoisotopic (exact) mass is 326 g/mol. The standard InChI is InChI=1S/2C3H2ClN3O2.2CH4/c2*4-3-5-1-2(6-3)7(8)9;;/h2*1H,(H,5,6);2*1H4. The van der Waals surface area contributed by atoms with Gasteiger partial charge < -0.3 is 20.2 Å². The van der Waals surface area contributed by atoms with Crippen molar-refractivity contribution in [2.45, 2.75) is 14.9 Å². The Bertz CT molecular complexity index is 519. The second kappa shape index (κ2) is 8.82. The van der Waals surface area contributed by atoms with E-state index >= 15 is 0 Å². The van der Waals surface area contributed by atoms with Gasteiger partial charge in [0.05, 0.1) is 0 Å². The first-order valence-electron chi connectivity index (χ1n) is 4.10. The minimum absolute atomic E-state index is 0. The minimum Gasteiger partial charge on any atom is -0.358 e. The second-order valence-electron chi connectivity index (χ2n) is 2.63. The van der Waals surface area contributed by atoms with Crippen molar-refractivity contribution in [2.24, 2.45) is 0 Å². The van der Waals surface area contributed by atoms with Gasteiger partial charge in [-0.2, -0.15) is 9.97 Å². The minimum atomic E-state index is -0.598. The van der Waals surface area contributed by atoms with Gasteiger partial charge in [-0.3, -0.25) is 0 Å². The SMILES string of the molecule is C.C.O=[N+]([O-])c1cnc(Cl)[nH]1.O=[N+]([O-])c1cnc(Cl)[nH]1. The van der Waals surface area contributed by atoms with E-state index in [1.807, 2.05) is 0 Å². The lowest BCUT2D eigenvalue weighted by Gasteiger charge is -1.83. The molecule has 0 radical (unpaired) electrons. The average molecular weight is 327 g/mol. The van der Waals surface area contributed by atoms with Crippen LogP contribution in [-0.4, -0.2) is 29.8 Å². The van der Waals surface area contributed by atoms with E-state index in [1.165, 1.54) is 0 Å². The molecule has 2 aromatic heterocycles. The summed E-state index contributed by atoms with van der Waals surface area (Å²) >= 11 is 10.5. The number of aromatic nitrogens is 4. The van der Waals surface area contributed by atoms with Crippen molar-refractivity contribution in [2.75, 3.05) is 0 Å². The summed E-state index contributed by atoms with van der Waals surface area (Å²) in [6, 6.07) is 0. The third-order valence-electron chi connectivity index (χ3n) is 1.46. The quantitative estimate of drug-likeness (QED) is 0.640. The van der Waals surface area contributed by atoms with Crippen LogP contribution in [0, 0.1) is 20.2 Å². The van der Waals surface area contributed by atoms with Gasteiger partial charge in [0.15, 0.2) is 0 Å². The lowest BCUT2D eigenvalue weighted by atomic mass is 10.8. The summed E-state index contributed by atoms with van der Waals surface area (Å²) in [6.45, 7) is 0. The van der Waals surface area contributed by atoms with E-state index in [-0.39, 0.29) is 37.1 Å². The van der Waals surface area contributed by atoms with Crippen LogP contribution >= 0.6 is 23.2 Å². The summed E-state index contributed by atoms with van der Waals surface area (Å²) in [4.78, 5) is 29.9. The lowest BCUT2D eigenvalue weighted by Crippen LogP contribution is -1.85. The topological polar surface area (TPSA) is 144 Å². The number of hydrogen-bond donors (Lipinski definition) is 2. The molecule has 0 aromatic carbocycles. The van der Waals surface area contributed by atoms with Crippen molar-refractivity contribution in [3.05, 3.63) is 43.2 Å².